The minimum Gasteiger partial charge on any atom is -0.494 e. The first-order valence-corrected chi connectivity index (χ1v) is 7.22. The normalized spacial score (nSPS) is 24.6. The average molecular weight is 277 g/mol. The maximum absolute atomic E-state index is 11.2. The first kappa shape index (κ1) is 14.9. The van der Waals surface area contributed by atoms with E-state index in [4.69, 9.17) is 4.74 Å². The van der Waals surface area contributed by atoms with Gasteiger partial charge in [-0.05, 0) is 37.5 Å². The zero-order chi connectivity index (χ0) is 14.7. The van der Waals surface area contributed by atoms with E-state index in [1.165, 1.54) is 5.56 Å². The third-order valence-electron chi connectivity index (χ3n) is 4.18. The van der Waals surface area contributed by atoms with E-state index in [9.17, 15) is 9.90 Å². The molecule has 0 bridgehead atoms. The summed E-state index contributed by atoms with van der Waals surface area (Å²) in [7, 11) is 0. The Kier molecular flexibility index (Phi) is 4.65. The van der Waals surface area contributed by atoms with Gasteiger partial charge in [0.1, 0.15) is 5.75 Å². The SMILES string of the molecule is CCOc1ccc(C(C)N2C[C@@H](C)[C@H](C(=O)O)C2)cc1. The van der Waals surface area contributed by atoms with Crippen molar-refractivity contribution in [3.63, 3.8) is 0 Å². The zero-order valence-corrected chi connectivity index (χ0v) is 12.4. The summed E-state index contributed by atoms with van der Waals surface area (Å²) >= 11 is 0. The van der Waals surface area contributed by atoms with E-state index in [0.29, 0.717) is 13.2 Å². The van der Waals surface area contributed by atoms with Gasteiger partial charge in [-0.25, -0.2) is 0 Å². The lowest BCUT2D eigenvalue weighted by Crippen LogP contribution is -2.26. The molecular weight excluding hydrogens is 254 g/mol. The number of benzene rings is 1. The molecule has 1 aliphatic rings. The van der Waals surface area contributed by atoms with Crippen LogP contribution in [-0.2, 0) is 4.79 Å². The molecule has 1 saturated heterocycles. The van der Waals surface area contributed by atoms with Gasteiger partial charge in [0.05, 0.1) is 12.5 Å². The Morgan fingerprint density at radius 2 is 2.05 bits per heavy atom. The smallest absolute Gasteiger partial charge is 0.308 e. The number of aliphatic carboxylic acids is 1. The van der Waals surface area contributed by atoms with Crippen LogP contribution in [0, 0.1) is 11.8 Å². The van der Waals surface area contributed by atoms with Crippen molar-refractivity contribution in [2.24, 2.45) is 11.8 Å². The van der Waals surface area contributed by atoms with Crippen LogP contribution in [-0.4, -0.2) is 35.7 Å². The molecule has 1 fully saturated rings. The molecule has 1 aromatic rings. The largest absolute Gasteiger partial charge is 0.494 e. The Bertz CT molecular complexity index is 457. The molecule has 0 saturated carbocycles. The van der Waals surface area contributed by atoms with E-state index in [2.05, 4.69) is 24.0 Å². The van der Waals surface area contributed by atoms with E-state index in [1.807, 2.05) is 26.0 Å². The fraction of sp³-hybridized carbons (Fsp3) is 0.562. The molecule has 1 heterocycles. The molecule has 1 aromatic carbocycles. The second-order valence-corrected chi connectivity index (χ2v) is 5.55. The van der Waals surface area contributed by atoms with Crippen molar-refractivity contribution < 1.29 is 14.6 Å². The van der Waals surface area contributed by atoms with Crippen molar-refractivity contribution >= 4 is 5.97 Å². The van der Waals surface area contributed by atoms with E-state index in [0.717, 1.165) is 12.3 Å². The third kappa shape index (κ3) is 3.12. The van der Waals surface area contributed by atoms with Crippen molar-refractivity contribution in [2.75, 3.05) is 19.7 Å². The van der Waals surface area contributed by atoms with Gasteiger partial charge in [-0.1, -0.05) is 19.1 Å². The van der Waals surface area contributed by atoms with Crippen molar-refractivity contribution in [2.45, 2.75) is 26.8 Å². The molecule has 1 N–H and O–H groups in total. The summed E-state index contributed by atoms with van der Waals surface area (Å²) in [4.78, 5) is 13.4. The summed E-state index contributed by atoms with van der Waals surface area (Å²) in [6, 6.07) is 8.31. The number of ether oxygens (including phenoxy) is 1. The maximum atomic E-state index is 11.2. The summed E-state index contributed by atoms with van der Waals surface area (Å²) in [5.74, 6) is 0.151. The lowest BCUT2D eigenvalue weighted by atomic mass is 9.99. The Balaban J connectivity index is 2.04. The molecule has 4 heteroatoms. The monoisotopic (exact) mass is 277 g/mol. The number of rotatable bonds is 5. The number of carboxylic acid groups (broad SMARTS) is 1. The van der Waals surface area contributed by atoms with Crippen molar-refractivity contribution in [1.29, 1.82) is 0 Å². The first-order valence-electron chi connectivity index (χ1n) is 7.22. The predicted molar refractivity (Wildman–Crippen MR) is 77.9 cm³/mol. The zero-order valence-electron chi connectivity index (χ0n) is 12.4. The number of likely N-dealkylation sites (tertiary alicyclic amines) is 1. The topological polar surface area (TPSA) is 49.8 Å². The first-order chi connectivity index (χ1) is 9.52. The van der Waals surface area contributed by atoms with E-state index in [1.54, 1.807) is 0 Å². The van der Waals surface area contributed by atoms with Crippen LogP contribution in [0.5, 0.6) is 5.75 Å². The van der Waals surface area contributed by atoms with Crippen LogP contribution in [0.15, 0.2) is 24.3 Å². The summed E-state index contributed by atoms with van der Waals surface area (Å²) in [5.41, 5.74) is 1.20. The van der Waals surface area contributed by atoms with Crippen LogP contribution in [0.3, 0.4) is 0 Å². The predicted octanol–water partition coefficient (Wildman–Crippen LogP) is 2.80. The number of nitrogens with zero attached hydrogens (tertiary/aromatic N) is 1. The summed E-state index contributed by atoms with van der Waals surface area (Å²) in [6.45, 7) is 8.25. The van der Waals surface area contributed by atoms with Crippen LogP contribution in [0.1, 0.15) is 32.4 Å². The average Bonchev–Trinajstić information content (AvgIpc) is 2.81. The highest BCUT2D eigenvalue weighted by Crippen LogP contribution is 2.31. The van der Waals surface area contributed by atoms with Gasteiger partial charge in [0.25, 0.3) is 0 Å². The minimum absolute atomic E-state index is 0.206. The van der Waals surface area contributed by atoms with Gasteiger partial charge >= 0.3 is 5.97 Å². The van der Waals surface area contributed by atoms with Gasteiger partial charge in [-0.15, -0.1) is 0 Å². The molecule has 0 radical (unpaired) electrons. The summed E-state index contributed by atoms with van der Waals surface area (Å²) in [6.07, 6.45) is 0. The molecule has 4 nitrogen and oxygen atoms in total. The standard InChI is InChI=1S/C16H23NO3/c1-4-20-14-7-5-13(6-8-14)12(3)17-9-11(2)15(10-17)16(18)19/h5-8,11-12,15H,4,9-10H2,1-3H3,(H,18,19)/t11-,12?,15-/m1/s1. The van der Waals surface area contributed by atoms with Crippen LogP contribution in [0.25, 0.3) is 0 Å². The Morgan fingerprint density at radius 1 is 1.40 bits per heavy atom. The molecule has 110 valence electrons. The second kappa shape index (κ2) is 6.27. The highest BCUT2D eigenvalue weighted by Gasteiger charge is 2.36. The second-order valence-electron chi connectivity index (χ2n) is 5.55. The quantitative estimate of drug-likeness (QED) is 0.899. The Labute approximate surface area is 120 Å². The number of hydrogen-bond donors (Lipinski definition) is 1. The van der Waals surface area contributed by atoms with Crippen molar-refractivity contribution in [1.82, 2.24) is 4.90 Å². The van der Waals surface area contributed by atoms with Crippen LogP contribution in [0.4, 0.5) is 0 Å². The molecule has 2 rings (SSSR count). The van der Waals surface area contributed by atoms with Crippen LogP contribution in [0.2, 0.25) is 0 Å². The lowest BCUT2D eigenvalue weighted by molar-refractivity contribution is -0.142. The van der Waals surface area contributed by atoms with Crippen molar-refractivity contribution in [3.05, 3.63) is 29.8 Å². The maximum Gasteiger partial charge on any atom is 0.308 e. The summed E-state index contributed by atoms with van der Waals surface area (Å²) in [5, 5.41) is 9.21. The minimum atomic E-state index is -0.682. The fourth-order valence-electron chi connectivity index (χ4n) is 2.86. The molecule has 0 aromatic heterocycles. The van der Waals surface area contributed by atoms with Gasteiger partial charge in [0.15, 0.2) is 0 Å². The Hall–Kier alpha value is -1.55. The molecule has 0 amide bonds. The number of carboxylic acids is 1. The third-order valence-corrected chi connectivity index (χ3v) is 4.18. The number of carbonyl (C=O) groups is 1. The highest BCUT2D eigenvalue weighted by molar-refractivity contribution is 5.71. The molecular formula is C16H23NO3. The molecule has 1 unspecified atom stereocenters. The number of hydrogen-bond acceptors (Lipinski definition) is 3. The van der Waals surface area contributed by atoms with Gasteiger partial charge in [0.2, 0.25) is 0 Å². The molecule has 20 heavy (non-hydrogen) atoms. The van der Waals surface area contributed by atoms with E-state index in [-0.39, 0.29) is 17.9 Å². The lowest BCUT2D eigenvalue weighted by Gasteiger charge is -2.24. The van der Waals surface area contributed by atoms with Crippen molar-refractivity contribution in [3.8, 4) is 5.75 Å². The summed E-state index contributed by atoms with van der Waals surface area (Å²) < 4.78 is 5.44. The Morgan fingerprint density at radius 3 is 2.55 bits per heavy atom. The van der Waals surface area contributed by atoms with Crippen LogP contribution >= 0.6 is 0 Å². The van der Waals surface area contributed by atoms with Gasteiger partial charge < -0.3 is 9.84 Å². The molecule has 0 spiro atoms. The molecule has 1 aliphatic heterocycles. The van der Waals surface area contributed by atoms with Gasteiger partial charge in [0, 0.05) is 19.1 Å². The van der Waals surface area contributed by atoms with E-state index < -0.39 is 5.97 Å². The van der Waals surface area contributed by atoms with Gasteiger partial charge in [-0.3, -0.25) is 9.69 Å². The highest BCUT2D eigenvalue weighted by atomic mass is 16.5. The molecule has 0 aliphatic carbocycles. The molecule has 3 atom stereocenters. The fourth-order valence-corrected chi connectivity index (χ4v) is 2.86. The van der Waals surface area contributed by atoms with Gasteiger partial charge in [-0.2, -0.15) is 0 Å². The van der Waals surface area contributed by atoms with Crippen LogP contribution < -0.4 is 4.74 Å². The van der Waals surface area contributed by atoms with E-state index >= 15 is 0 Å².